The maximum Gasteiger partial charge on any atom is 0.472 e. The topological polar surface area (TPSA) is 237 Å². The first-order valence-corrected chi connectivity index (χ1v) is 38.2. The molecule has 3 N–H and O–H groups in total. The van der Waals surface area contributed by atoms with Crippen molar-refractivity contribution in [1.82, 2.24) is 0 Å². The molecule has 0 saturated heterocycles. The van der Waals surface area contributed by atoms with E-state index in [9.17, 15) is 43.2 Å². The lowest BCUT2D eigenvalue weighted by molar-refractivity contribution is -0.161. The van der Waals surface area contributed by atoms with Crippen molar-refractivity contribution in [3.05, 3.63) is 24.3 Å². The Labute approximate surface area is 535 Å². The Balaban J connectivity index is 5.28. The van der Waals surface area contributed by atoms with Crippen LogP contribution in [0.2, 0.25) is 0 Å². The maximum absolute atomic E-state index is 13.0. The molecule has 0 aliphatic heterocycles. The summed E-state index contributed by atoms with van der Waals surface area (Å²) in [7, 11) is -9.91. The van der Waals surface area contributed by atoms with E-state index in [4.69, 9.17) is 37.0 Å². The summed E-state index contributed by atoms with van der Waals surface area (Å²) in [5, 5.41) is 10.6. The summed E-state index contributed by atoms with van der Waals surface area (Å²) in [4.78, 5) is 72.4. The van der Waals surface area contributed by atoms with Crippen molar-refractivity contribution in [1.29, 1.82) is 0 Å². The third-order valence-electron chi connectivity index (χ3n) is 15.6. The van der Waals surface area contributed by atoms with E-state index in [2.05, 4.69) is 72.8 Å². The van der Waals surface area contributed by atoms with E-state index >= 15 is 0 Å². The molecule has 0 aromatic heterocycles. The molecule has 0 aromatic rings. The number of esters is 4. The number of phosphoric acid groups is 2. The molecule has 0 fully saturated rings. The van der Waals surface area contributed by atoms with Crippen molar-refractivity contribution >= 4 is 39.5 Å². The van der Waals surface area contributed by atoms with Gasteiger partial charge in [-0.05, 0) is 69.1 Å². The van der Waals surface area contributed by atoms with Crippen LogP contribution in [-0.4, -0.2) is 96.7 Å². The van der Waals surface area contributed by atoms with Crippen LogP contribution in [0.3, 0.4) is 0 Å². The standard InChI is InChI=1S/C69H130O17P2/c1-8-10-11-12-13-14-15-16-17-18-19-23-28-36-43-50-66(71)79-56-64(85-68(73)52-45-38-29-24-21-20-22-27-35-42-49-62(7)9-2)58-83-87(75,76)81-54-63(70)55-82-88(77,78)84-59-65(86-69(74)53-46-39-32-31-34-41-48-61(5)6)57-80-67(72)51-44-37-30-25-26-33-40-47-60(3)4/h14-17,60-65,70H,8-13,18-59H2,1-7H3,(H,75,76)(H,77,78)/b15-14-,17-16-/t62?,63?,64-,65-/m1/s1. The predicted molar refractivity (Wildman–Crippen MR) is 354 cm³/mol. The quantitative estimate of drug-likeness (QED) is 0.0169. The fourth-order valence-electron chi connectivity index (χ4n) is 9.79. The third-order valence-corrected chi connectivity index (χ3v) is 17.5. The van der Waals surface area contributed by atoms with E-state index in [-0.39, 0.29) is 25.7 Å². The van der Waals surface area contributed by atoms with Gasteiger partial charge in [-0.3, -0.25) is 37.3 Å². The van der Waals surface area contributed by atoms with Crippen LogP contribution < -0.4 is 0 Å². The van der Waals surface area contributed by atoms with Crippen LogP contribution >= 0.6 is 15.6 Å². The molecule has 17 nitrogen and oxygen atoms in total. The highest BCUT2D eigenvalue weighted by atomic mass is 31.2. The number of allylic oxidation sites excluding steroid dienone is 4. The normalized spacial score (nSPS) is 14.7. The van der Waals surface area contributed by atoms with Crippen LogP contribution in [0.25, 0.3) is 0 Å². The number of aliphatic hydroxyl groups excluding tert-OH is 1. The molecule has 0 radical (unpaired) electrons. The zero-order valence-corrected chi connectivity index (χ0v) is 58.5. The molecule has 0 heterocycles. The molecule has 0 spiro atoms. The number of unbranched alkanes of at least 4 members (excludes halogenated alkanes) is 29. The van der Waals surface area contributed by atoms with Gasteiger partial charge in [-0.2, -0.15) is 0 Å². The fraction of sp³-hybridized carbons (Fsp3) is 0.884. The van der Waals surface area contributed by atoms with Crippen LogP contribution in [0.4, 0.5) is 0 Å². The van der Waals surface area contributed by atoms with Gasteiger partial charge >= 0.3 is 39.5 Å². The lowest BCUT2D eigenvalue weighted by atomic mass is 9.99. The smallest absolute Gasteiger partial charge is 0.462 e. The van der Waals surface area contributed by atoms with Crippen molar-refractivity contribution < 1.29 is 80.2 Å². The summed E-state index contributed by atoms with van der Waals surface area (Å²) in [6.07, 6.45) is 45.5. The Morgan fingerprint density at radius 2 is 0.670 bits per heavy atom. The molecule has 0 aromatic carbocycles. The number of carbonyl (C=O) groups is 4. The molecule has 0 amide bonds. The molecular weight excluding hydrogens is 1160 g/mol. The summed E-state index contributed by atoms with van der Waals surface area (Å²) in [5.41, 5.74) is 0. The van der Waals surface area contributed by atoms with Gasteiger partial charge in [0.25, 0.3) is 0 Å². The number of hydrogen-bond donors (Lipinski definition) is 3. The van der Waals surface area contributed by atoms with Crippen molar-refractivity contribution in [2.24, 2.45) is 17.8 Å². The molecule has 0 aliphatic rings. The number of aliphatic hydroxyl groups is 1. The number of hydrogen-bond acceptors (Lipinski definition) is 15. The van der Waals surface area contributed by atoms with Crippen LogP contribution in [0.5, 0.6) is 0 Å². The first kappa shape index (κ1) is 85.5. The summed E-state index contributed by atoms with van der Waals surface area (Å²) in [6.45, 7) is 11.6. The number of ether oxygens (including phenoxy) is 4. The average molecular weight is 1290 g/mol. The van der Waals surface area contributed by atoms with Gasteiger partial charge in [0, 0.05) is 25.7 Å². The molecule has 88 heavy (non-hydrogen) atoms. The van der Waals surface area contributed by atoms with E-state index in [1.165, 1.54) is 103 Å². The molecule has 0 aliphatic carbocycles. The van der Waals surface area contributed by atoms with Crippen LogP contribution in [-0.2, 0) is 65.4 Å². The summed E-state index contributed by atoms with van der Waals surface area (Å²) >= 11 is 0. The van der Waals surface area contributed by atoms with Crippen LogP contribution in [0.15, 0.2) is 24.3 Å². The Hall–Kier alpha value is -2.46. The summed E-state index contributed by atoms with van der Waals surface area (Å²) < 4.78 is 68.1. The second-order valence-corrected chi connectivity index (χ2v) is 28.3. The molecule has 0 saturated carbocycles. The fourth-order valence-corrected chi connectivity index (χ4v) is 11.4. The zero-order chi connectivity index (χ0) is 65.2. The molecular formula is C69H130O17P2. The minimum Gasteiger partial charge on any atom is -0.462 e. The van der Waals surface area contributed by atoms with E-state index < -0.39 is 97.5 Å². The molecule has 6 atom stereocenters. The molecule has 0 rings (SSSR count). The first-order valence-electron chi connectivity index (χ1n) is 35.2. The third kappa shape index (κ3) is 61.1. The Kier molecular flexibility index (Phi) is 57.9. The van der Waals surface area contributed by atoms with Crippen molar-refractivity contribution in [3.63, 3.8) is 0 Å². The minimum absolute atomic E-state index is 0.0986. The lowest BCUT2D eigenvalue weighted by Gasteiger charge is -2.21. The van der Waals surface area contributed by atoms with Crippen LogP contribution in [0, 0.1) is 17.8 Å². The van der Waals surface area contributed by atoms with Gasteiger partial charge in [-0.25, -0.2) is 9.13 Å². The van der Waals surface area contributed by atoms with Crippen molar-refractivity contribution in [3.8, 4) is 0 Å². The SMILES string of the molecule is CCCCCC/C=C\C=C/CCCCCCCC(=O)OC[C@H](COP(=O)(O)OCC(O)COP(=O)(O)OC[C@@H](COC(=O)CCCCCCCCCC(C)C)OC(=O)CCCCCCCCC(C)C)OC(=O)CCCCCCCCCCCCC(C)CC. The maximum atomic E-state index is 13.0. The van der Waals surface area contributed by atoms with Gasteiger partial charge < -0.3 is 33.8 Å². The predicted octanol–water partition coefficient (Wildman–Crippen LogP) is 19.0. The zero-order valence-electron chi connectivity index (χ0n) is 56.7. The van der Waals surface area contributed by atoms with E-state index in [0.29, 0.717) is 37.5 Å². The van der Waals surface area contributed by atoms with E-state index in [1.807, 2.05) is 0 Å². The highest BCUT2D eigenvalue weighted by Gasteiger charge is 2.30. The summed E-state index contributed by atoms with van der Waals surface area (Å²) in [6, 6.07) is 0. The van der Waals surface area contributed by atoms with Crippen molar-refractivity contribution in [2.75, 3.05) is 39.6 Å². The van der Waals surface area contributed by atoms with Gasteiger partial charge in [0.15, 0.2) is 12.2 Å². The Morgan fingerprint density at radius 3 is 1.01 bits per heavy atom. The lowest BCUT2D eigenvalue weighted by Crippen LogP contribution is -2.30. The largest absolute Gasteiger partial charge is 0.472 e. The summed E-state index contributed by atoms with van der Waals surface area (Å²) in [5.74, 6) is 0.00724. The van der Waals surface area contributed by atoms with Crippen LogP contribution in [0.1, 0.15) is 318 Å². The minimum atomic E-state index is -4.96. The van der Waals surface area contributed by atoms with Gasteiger partial charge in [-0.15, -0.1) is 0 Å². The molecule has 518 valence electrons. The highest BCUT2D eigenvalue weighted by Crippen LogP contribution is 2.45. The number of rotatable bonds is 65. The number of phosphoric ester groups is 2. The first-order chi connectivity index (χ1) is 42.3. The van der Waals surface area contributed by atoms with Crippen molar-refractivity contribution in [2.45, 2.75) is 336 Å². The Morgan fingerprint density at radius 1 is 0.375 bits per heavy atom. The van der Waals surface area contributed by atoms with Gasteiger partial charge in [0.2, 0.25) is 0 Å². The number of carbonyl (C=O) groups excluding carboxylic acids is 4. The molecule has 19 heteroatoms. The Bertz CT molecular complexity index is 1830. The van der Waals surface area contributed by atoms with Gasteiger partial charge in [0.1, 0.15) is 19.3 Å². The second kappa shape index (κ2) is 59.5. The van der Waals surface area contributed by atoms with Gasteiger partial charge in [0.05, 0.1) is 26.4 Å². The molecule has 0 bridgehead atoms. The monoisotopic (exact) mass is 1290 g/mol. The average Bonchev–Trinajstić information content (AvgIpc) is 3.44. The second-order valence-electron chi connectivity index (χ2n) is 25.4. The van der Waals surface area contributed by atoms with E-state index in [1.54, 1.807) is 0 Å². The van der Waals surface area contributed by atoms with E-state index in [0.717, 1.165) is 121 Å². The highest BCUT2D eigenvalue weighted by molar-refractivity contribution is 7.47. The molecule has 4 unspecified atom stereocenters. The van der Waals surface area contributed by atoms with Gasteiger partial charge in [-0.1, -0.05) is 265 Å².